The van der Waals surface area contributed by atoms with Crippen LogP contribution in [0.15, 0.2) is 48.5 Å². The number of fused-ring (bicyclic) bond motifs is 1. The highest BCUT2D eigenvalue weighted by atomic mass is 16.2. The lowest BCUT2D eigenvalue weighted by molar-refractivity contribution is -0.118. The molecular weight excluding hydrogens is 296 g/mol. The molecule has 24 heavy (non-hydrogen) atoms. The van der Waals surface area contributed by atoms with Crippen LogP contribution in [-0.2, 0) is 17.6 Å². The molecule has 3 nitrogen and oxygen atoms in total. The maximum atomic E-state index is 12.8. The van der Waals surface area contributed by atoms with Gasteiger partial charge in [0.15, 0.2) is 0 Å². The summed E-state index contributed by atoms with van der Waals surface area (Å²) in [6.07, 6.45) is 3.99. The van der Waals surface area contributed by atoms with E-state index in [9.17, 15) is 4.79 Å². The average molecular weight is 320 g/mol. The molecule has 2 aromatic rings. The van der Waals surface area contributed by atoms with Crippen LogP contribution >= 0.6 is 0 Å². The molecular formula is C21H24N2O. The lowest BCUT2D eigenvalue weighted by Gasteiger charge is -2.23. The summed E-state index contributed by atoms with van der Waals surface area (Å²) in [7, 11) is 0. The minimum Gasteiger partial charge on any atom is -0.372 e. The van der Waals surface area contributed by atoms with Gasteiger partial charge in [0.25, 0.3) is 0 Å². The first-order valence-corrected chi connectivity index (χ1v) is 8.96. The van der Waals surface area contributed by atoms with Gasteiger partial charge in [0.05, 0.1) is 6.42 Å². The van der Waals surface area contributed by atoms with Gasteiger partial charge in [-0.25, -0.2) is 0 Å². The summed E-state index contributed by atoms with van der Waals surface area (Å²) in [5, 5.41) is 0. The molecule has 0 saturated carbocycles. The van der Waals surface area contributed by atoms with Gasteiger partial charge < -0.3 is 9.80 Å². The minimum atomic E-state index is 0.196. The van der Waals surface area contributed by atoms with Gasteiger partial charge in [-0.05, 0) is 55.5 Å². The summed E-state index contributed by atoms with van der Waals surface area (Å²) in [5.41, 5.74) is 4.74. The lowest BCUT2D eigenvalue weighted by Crippen LogP contribution is -2.36. The molecule has 0 aromatic heterocycles. The number of para-hydroxylation sites is 1. The Morgan fingerprint density at radius 1 is 1.04 bits per heavy atom. The van der Waals surface area contributed by atoms with Crippen LogP contribution in [0.5, 0.6) is 0 Å². The molecule has 1 fully saturated rings. The second-order valence-electron chi connectivity index (χ2n) is 6.98. The van der Waals surface area contributed by atoms with Gasteiger partial charge in [0.1, 0.15) is 0 Å². The second kappa shape index (κ2) is 6.31. The maximum absolute atomic E-state index is 12.8. The van der Waals surface area contributed by atoms with Crippen molar-refractivity contribution in [1.29, 1.82) is 0 Å². The Bertz CT molecular complexity index is 732. The summed E-state index contributed by atoms with van der Waals surface area (Å²) in [5.74, 6) is 0.196. The molecule has 1 unspecified atom stereocenters. The SMILES string of the molecule is CC1Cc2ccccc2N1C(=O)Cc1ccc(N2CCCC2)cc1. The minimum absolute atomic E-state index is 0.196. The summed E-state index contributed by atoms with van der Waals surface area (Å²) >= 11 is 0. The monoisotopic (exact) mass is 320 g/mol. The summed E-state index contributed by atoms with van der Waals surface area (Å²) in [6, 6.07) is 17.1. The quantitative estimate of drug-likeness (QED) is 0.858. The van der Waals surface area contributed by atoms with Gasteiger partial charge in [0, 0.05) is 30.5 Å². The van der Waals surface area contributed by atoms with E-state index in [0.29, 0.717) is 6.42 Å². The largest absolute Gasteiger partial charge is 0.372 e. The number of hydrogen-bond acceptors (Lipinski definition) is 2. The number of amides is 1. The van der Waals surface area contributed by atoms with Crippen molar-refractivity contribution < 1.29 is 4.79 Å². The normalized spacial score (nSPS) is 19.6. The van der Waals surface area contributed by atoms with Crippen LogP contribution in [0.1, 0.15) is 30.9 Å². The number of benzene rings is 2. The highest BCUT2D eigenvalue weighted by Gasteiger charge is 2.30. The van der Waals surface area contributed by atoms with Crippen molar-refractivity contribution in [2.45, 2.75) is 38.6 Å². The summed E-state index contributed by atoms with van der Waals surface area (Å²) in [6.45, 7) is 4.44. The first-order valence-electron chi connectivity index (χ1n) is 8.96. The zero-order valence-corrected chi connectivity index (χ0v) is 14.2. The Morgan fingerprint density at radius 2 is 1.75 bits per heavy atom. The second-order valence-corrected chi connectivity index (χ2v) is 6.98. The summed E-state index contributed by atoms with van der Waals surface area (Å²) in [4.78, 5) is 17.2. The fraction of sp³-hybridized carbons (Fsp3) is 0.381. The molecule has 2 aromatic carbocycles. The van der Waals surface area contributed by atoms with Crippen molar-refractivity contribution in [3.8, 4) is 0 Å². The zero-order chi connectivity index (χ0) is 16.5. The van der Waals surface area contributed by atoms with Crippen LogP contribution < -0.4 is 9.80 Å². The Hall–Kier alpha value is -2.29. The molecule has 0 bridgehead atoms. The molecule has 1 saturated heterocycles. The maximum Gasteiger partial charge on any atom is 0.231 e. The lowest BCUT2D eigenvalue weighted by atomic mass is 10.1. The third-order valence-electron chi connectivity index (χ3n) is 5.24. The van der Waals surface area contributed by atoms with Crippen LogP contribution in [0.25, 0.3) is 0 Å². The van der Waals surface area contributed by atoms with Gasteiger partial charge in [-0.3, -0.25) is 4.79 Å². The van der Waals surface area contributed by atoms with E-state index < -0.39 is 0 Å². The number of rotatable bonds is 3. The van der Waals surface area contributed by atoms with Gasteiger partial charge >= 0.3 is 0 Å². The molecule has 0 N–H and O–H groups in total. The molecule has 2 aliphatic heterocycles. The number of anilines is 2. The van der Waals surface area contributed by atoms with Gasteiger partial charge in [-0.1, -0.05) is 30.3 Å². The molecule has 2 aliphatic rings. The van der Waals surface area contributed by atoms with Crippen LogP contribution in [0.2, 0.25) is 0 Å². The standard InChI is InChI=1S/C21H24N2O/c1-16-14-18-6-2-3-7-20(18)23(16)21(24)15-17-8-10-19(11-9-17)22-12-4-5-13-22/h2-3,6-11,16H,4-5,12-15H2,1H3. The highest BCUT2D eigenvalue weighted by molar-refractivity contribution is 5.97. The first-order chi connectivity index (χ1) is 11.7. The topological polar surface area (TPSA) is 23.6 Å². The first kappa shape index (κ1) is 15.3. The van der Waals surface area contributed by atoms with Crippen LogP contribution in [0.3, 0.4) is 0 Å². The van der Waals surface area contributed by atoms with E-state index in [1.165, 1.54) is 24.1 Å². The zero-order valence-electron chi connectivity index (χ0n) is 14.2. The fourth-order valence-electron chi connectivity index (χ4n) is 4.01. The summed E-state index contributed by atoms with van der Waals surface area (Å²) < 4.78 is 0. The van der Waals surface area contributed by atoms with E-state index in [-0.39, 0.29) is 11.9 Å². The number of carbonyl (C=O) groups excluding carboxylic acids is 1. The van der Waals surface area contributed by atoms with E-state index in [0.717, 1.165) is 30.8 Å². The van der Waals surface area contributed by atoms with Crippen LogP contribution in [-0.4, -0.2) is 25.0 Å². The van der Waals surface area contributed by atoms with Gasteiger partial charge in [-0.2, -0.15) is 0 Å². The fourth-order valence-corrected chi connectivity index (χ4v) is 4.01. The number of nitrogens with zero attached hydrogens (tertiary/aromatic N) is 2. The molecule has 3 heteroatoms. The third-order valence-corrected chi connectivity index (χ3v) is 5.24. The van der Waals surface area contributed by atoms with Gasteiger partial charge in [-0.15, -0.1) is 0 Å². The van der Waals surface area contributed by atoms with Crippen molar-refractivity contribution >= 4 is 17.3 Å². The molecule has 124 valence electrons. The number of carbonyl (C=O) groups is 1. The molecule has 0 aliphatic carbocycles. The third kappa shape index (κ3) is 2.79. The van der Waals surface area contributed by atoms with E-state index in [1.54, 1.807) is 0 Å². The van der Waals surface area contributed by atoms with Gasteiger partial charge in [0.2, 0.25) is 5.91 Å². The highest BCUT2D eigenvalue weighted by Crippen LogP contribution is 2.32. The smallest absolute Gasteiger partial charge is 0.231 e. The van der Waals surface area contributed by atoms with Crippen molar-refractivity contribution in [3.63, 3.8) is 0 Å². The van der Waals surface area contributed by atoms with E-state index in [1.807, 2.05) is 11.0 Å². The Kier molecular flexibility index (Phi) is 4.01. The van der Waals surface area contributed by atoms with Crippen molar-refractivity contribution in [2.75, 3.05) is 22.9 Å². The molecule has 0 spiro atoms. The molecule has 1 amide bonds. The molecule has 2 heterocycles. The Balaban J connectivity index is 1.48. The van der Waals surface area contributed by atoms with E-state index in [4.69, 9.17) is 0 Å². The number of hydrogen-bond donors (Lipinski definition) is 0. The predicted octanol–water partition coefficient (Wildman–Crippen LogP) is 3.81. The van der Waals surface area contributed by atoms with Crippen LogP contribution in [0.4, 0.5) is 11.4 Å². The van der Waals surface area contributed by atoms with Crippen molar-refractivity contribution in [2.24, 2.45) is 0 Å². The van der Waals surface area contributed by atoms with Crippen LogP contribution in [0, 0.1) is 0 Å². The molecule has 0 radical (unpaired) electrons. The predicted molar refractivity (Wildman–Crippen MR) is 98.7 cm³/mol. The molecule has 1 atom stereocenters. The Labute approximate surface area is 143 Å². The van der Waals surface area contributed by atoms with Crippen molar-refractivity contribution in [1.82, 2.24) is 0 Å². The Morgan fingerprint density at radius 3 is 2.50 bits per heavy atom. The average Bonchev–Trinajstić information content (AvgIpc) is 3.22. The van der Waals surface area contributed by atoms with E-state index in [2.05, 4.69) is 54.3 Å². The molecule has 4 rings (SSSR count). The van der Waals surface area contributed by atoms with E-state index >= 15 is 0 Å². The van der Waals surface area contributed by atoms with Crippen molar-refractivity contribution in [3.05, 3.63) is 59.7 Å².